The minimum atomic E-state index is -0.212. The largest absolute Gasteiger partial charge is 0.351 e. The van der Waals surface area contributed by atoms with Gasteiger partial charge in [-0.3, -0.25) is 63.1 Å². The number of aryl methyl sites for hydroxylation is 13. The second kappa shape index (κ2) is 47.0. The average molecular weight is 1880 g/mol. The molecule has 0 fully saturated rings. The molecule has 27 aromatic rings. The zero-order chi connectivity index (χ0) is 99.4. The molecule has 0 unspecified atom stereocenters. The van der Waals surface area contributed by atoms with Gasteiger partial charge in [-0.1, -0.05) is 72.8 Å². The molecule has 0 saturated carbocycles. The van der Waals surface area contributed by atoms with Gasteiger partial charge in [0.15, 0.2) is 11.3 Å². The van der Waals surface area contributed by atoms with Gasteiger partial charge in [0.25, 0.3) is 11.8 Å². The van der Waals surface area contributed by atoms with Gasteiger partial charge in [-0.15, -0.1) is 0 Å². The molecule has 0 radical (unpaired) electrons. The van der Waals surface area contributed by atoms with Crippen LogP contribution in [0.4, 0.5) is 0 Å². The first-order valence-electron chi connectivity index (χ1n) is 45.0. The predicted molar refractivity (Wildman–Crippen MR) is 561 cm³/mol. The van der Waals surface area contributed by atoms with Crippen LogP contribution in [0.15, 0.2) is 393 Å². The van der Waals surface area contributed by atoms with E-state index in [0.29, 0.717) is 11.1 Å². The number of pyridine rings is 9. The van der Waals surface area contributed by atoms with E-state index in [1.165, 1.54) is 67.1 Å². The molecule has 34 nitrogen and oxygen atoms in total. The lowest BCUT2D eigenvalue weighted by atomic mass is 10.1. The van der Waals surface area contributed by atoms with Gasteiger partial charge < -0.3 is 41.1 Å². The highest BCUT2D eigenvalue weighted by Gasteiger charge is 2.31. The molecule has 0 bridgehead atoms. The first kappa shape index (κ1) is 97.5. The monoisotopic (exact) mass is 1880 g/mol. The number of imidazole rings is 5. The van der Waals surface area contributed by atoms with Crippen molar-refractivity contribution in [3.63, 3.8) is 0 Å². The van der Waals surface area contributed by atoms with Crippen LogP contribution in [-0.2, 0) is 91.6 Å². The average Bonchev–Trinajstić information content (AvgIpc) is 1.64. The van der Waals surface area contributed by atoms with Gasteiger partial charge >= 0.3 is 0 Å². The summed E-state index contributed by atoms with van der Waals surface area (Å²) >= 11 is 0. The van der Waals surface area contributed by atoms with Gasteiger partial charge in [0.2, 0.25) is 0 Å². The molecule has 1 aliphatic rings. The lowest BCUT2D eigenvalue weighted by Crippen LogP contribution is -2.24. The number of aromatic nitrogens is 31. The van der Waals surface area contributed by atoms with Gasteiger partial charge in [-0.05, 0) is 151 Å². The van der Waals surface area contributed by atoms with Crippen molar-refractivity contribution in [1.82, 2.24) is 155 Å². The summed E-state index contributed by atoms with van der Waals surface area (Å²) in [5, 5.41) is 25.9. The van der Waals surface area contributed by atoms with Gasteiger partial charge in [-0.2, -0.15) is 20.4 Å². The predicted octanol–water partition coefficient (Wildman–Crippen LogP) is 18.3. The van der Waals surface area contributed by atoms with Crippen LogP contribution >= 0.6 is 0 Å². The Balaban J connectivity index is 0.000000115. The first-order valence-corrected chi connectivity index (χ1v) is 45.0. The fourth-order valence-corrected chi connectivity index (χ4v) is 15.0. The van der Waals surface area contributed by atoms with Crippen LogP contribution in [0.25, 0.3) is 143 Å². The van der Waals surface area contributed by atoms with Crippen molar-refractivity contribution in [1.29, 1.82) is 0 Å². The Hall–Kier alpha value is -19.0. The third-order valence-electron chi connectivity index (χ3n) is 22.8. The number of hydrogen-bond donors (Lipinski definition) is 0. The summed E-state index contributed by atoms with van der Waals surface area (Å²) in [5.74, 6) is -0.425. The van der Waals surface area contributed by atoms with Crippen LogP contribution in [0.2, 0.25) is 0 Å². The van der Waals surface area contributed by atoms with Crippen molar-refractivity contribution >= 4 is 155 Å². The van der Waals surface area contributed by atoms with Gasteiger partial charge in [0, 0.05) is 222 Å². The first-order chi connectivity index (χ1) is 69.1. The zero-order valence-corrected chi connectivity index (χ0v) is 81.1. The molecule has 2 amide bonds. The van der Waals surface area contributed by atoms with E-state index < -0.39 is 0 Å². The molecule has 0 aliphatic carbocycles. The van der Waals surface area contributed by atoms with Crippen LogP contribution < -0.4 is 0 Å². The minimum absolute atomic E-state index is 0.212. The number of para-hydroxylation sites is 6. The minimum Gasteiger partial charge on any atom is -0.351 e. The van der Waals surface area contributed by atoms with Crippen LogP contribution in [0.5, 0.6) is 0 Å². The topological polar surface area (TPSA) is 333 Å². The molecule has 34 heteroatoms. The Morgan fingerprint density at radius 1 is 0.183 bits per heavy atom. The van der Waals surface area contributed by atoms with E-state index in [2.05, 4.69) is 196 Å². The zero-order valence-electron chi connectivity index (χ0n) is 81.1. The molecule has 28 rings (SSSR count). The molecule has 142 heavy (non-hydrogen) atoms. The van der Waals surface area contributed by atoms with Crippen molar-refractivity contribution in [3.05, 3.63) is 404 Å². The number of amides is 2. The number of rotatable bonds is 0. The molecular weight excluding hydrogens is 1780 g/mol. The van der Waals surface area contributed by atoms with Gasteiger partial charge in [-0.25, -0.2) is 39.9 Å². The van der Waals surface area contributed by atoms with Crippen molar-refractivity contribution in [3.8, 4) is 0 Å². The third-order valence-corrected chi connectivity index (χ3v) is 22.8. The maximum atomic E-state index is 11.3. The van der Waals surface area contributed by atoms with Crippen molar-refractivity contribution in [2.75, 3.05) is 7.05 Å². The molecule has 0 atom stereocenters. The molecule has 0 spiro atoms. The normalized spacial score (nSPS) is 10.9. The van der Waals surface area contributed by atoms with E-state index >= 15 is 0 Å². The van der Waals surface area contributed by atoms with E-state index in [-0.39, 0.29) is 11.8 Å². The molecule has 710 valence electrons. The second-order valence-electron chi connectivity index (χ2n) is 32.5. The summed E-state index contributed by atoms with van der Waals surface area (Å²) in [6.45, 7) is 0. The molecular formula is C108H106N32O2. The van der Waals surface area contributed by atoms with Crippen molar-refractivity contribution < 1.29 is 9.59 Å². The number of carbonyl (C=O) groups excluding carboxylic acids is 2. The summed E-state index contributed by atoms with van der Waals surface area (Å²) in [6, 6.07) is 71.3. The summed E-state index contributed by atoms with van der Waals surface area (Å²) < 4.78 is 25.3. The van der Waals surface area contributed by atoms with E-state index in [9.17, 15) is 9.59 Å². The fourth-order valence-electron chi connectivity index (χ4n) is 15.0. The molecule has 1 aliphatic heterocycles. The SMILES string of the molecule is CN1C(=O)c2ccccc2C1=O.Cn1ccc2ccccc21.Cn1ccc2cccnc21.Cn1ccc2ccncc21.Cn1ccc2ccncc21.Cn1cnc2ccccc21.Cn1cnc2ccccc21.Cn1cnc2cccnc21.Cn1cnc2ccncc21.Cn1cnc2ccncc21.Cn1ncc2ccccc21.Cn1ncc2cccnc21.Cn1ncc2ccncc21.Cn1ncc2ccncc21. The molecule has 0 N–H and O–H groups in total. The maximum Gasteiger partial charge on any atom is 0.261 e. The number of hydrogen-bond acceptors (Lipinski definition) is 20. The molecule has 5 aromatic carbocycles. The lowest BCUT2D eigenvalue weighted by Gasteiger charge is -2.02. The maximum absolute atomic E-state index is 11.3. The number of nitrogens with zero attached hydrogens (tertiary/aromatic N) is 32. The Kier molecular flexibility index (Phi) is 32.3. The van der Waals surface area contributed by atoms with Crippen LogP contribution in [0, 0.1) is 0 Å². The highest BCUT2D eigenvalue weighted by atomic mass is 16.2. The Labute approximate surface area is 816 Å². The van der Waals surface area contributed by atoms with Crippen molar-refractivity contribution in [2.24, 2.45) is 91.6 Å². The summed E-state index contributed by atoms with van der Waals surface area (Å²) in [5.41, 5.74) is 20.5. The second-order valence-corrected chi connectivity index (χ2v) is 32.5. The van der Waals surface area contributed by atoms with Crippen molar-refractivity contribution in [2.45, 2.75) is 0 Å². The fraction of sp³-hybridized carbons (Fsp3) is 0.130. The van der Waals surface area contributed by atoms with E-state index in [1.54, 1.807) is 85.1 Å². The van der Waals surface area contributed by atoms with Gasteiger partial charge in [0.1, 0.15) is 11.2 Å². The molecule has 22 aromatic heterocycles. The highest BCUT2D eigenvalue weighted by Crippen LogP contribution is 2.23. The Morgan fingerprint density at radius 3 is 0.923 bits per heavy atom. The summed E-state index contributed by atoms with van der Waals surface area (Å²) in [7, 11) is 27.1. The van der Waals surface area contributed by atoms with Crippen LogP contribution in [-0.4, -0.2) is 174 Å². The number of fused-ring (bicyclic) bond motifs is 14. The summed E-state index contributed by atoms with van der Waals surface area (Å²) in [4.78, 5) is 81.0. The summed E-state index contributed by atoms with van der Waals surface area (Å²) in [6.07, 6.45) is 51.4. The van der Waals surface area contributed by atoms with Gasteiger partial charge in [0.05, 0.1) is 176 Å². The third kappa shape index (κ3) is 24.3. The number of benzene rings is 5. The molecule has 23 heterocycles. The van der Waals surface area contributed by atoms with E-state index in [4.69, 9.17) is 0 Å². The number of imide groups is 1. The standard InChI is InChI=1S/C9H7NO2.C9H9N.6C8H8N2.6C7H7N3/c1-10-8(11)6-4-2-3-5-7(6)9(10)12;1-10-7-6-8-4-2-3-5-9(8)10;2*1-10-5-3-7-2-4-9-6-8(7)10;1-10-6-4-7-3-2-5-9-8(7)10;2*1-10-6-9-7-4-2-3-5-8(7)10;1-10-8-5-3-2-4-7(8)6-9-10;2*1-10-5-9-6-2-3-8-4-7(6)10;2*1-10-7-5-8-3-2-6(7)4-9-10;1-10-5-9-6-3-2-4-8-7(6)10;1-10-7-6(5-9-10)3-2-4-8-7/h2-5H,1H3;2-7H,1H3;6*2-6H,1H3;6*2-5H,1H3. The highest BCUT2D eigenvalue weighted by molar-refractivity contribution is 6.21. The van der Waals surface area contributed by atoms with Crippen LogP contribution in [0.1, 0.15) is 20.7 Å². The number of carbonyl (C=O) groups is 2. The quantitative estimate of drug-likeness (QED) is 0.127. The lowest BCUT2D eigenvalue weighted by molar-refractivity contribution is 0.0692. The van der Waals surface area contributed by atoms with E-state index in [1.807, 2.05) is 353 Å². The Morgan fingerprint density at radius 2 is 0.486 bits per heavy atom. The molecule has 0 saturated heterocycles. The van der Waals surface area contributed by atoms with E-state index in [0.717, 1.165) is 87.7 Å². The smallest absolute Gasteiger partial charge is 0.261 e. The Bertz CT molecular complexity index is 7000. The van der Waals surface area contributed by atoms with Crippen LogP contribution in [0.3, 0.4) is 0 Å².